The summed E-state index contributed by atoms with van der Waals surface area (Å²) in [7, 11) is 0. The van der Waals surface area contributed by atoms with Gasteiger partial charge in [-0.15, -0.1) is 0 Å². The third-order valence-corrected chi connectivity index (χ3v) is 3.19. The van der Waals surface area contributed by atoms with Gasteiger partial charge in [0, 0.05) is 23.8 Å². The minimum Gasteiger partial charge on any atom is -1.00 e. The summed E-state index contributed by atoms with van der Waals surface area (Å²) in [4.78, 5) is 0. The summed E-state index contributed by atoms with van der Waals surface area (Å²) in [5.41, 5.74) is 1.04. The van der Waals surface area contributed by atoms with Gasteiger partial charge in [0.25, 0.3) is 0 Å². The van der Waals surface area contributed by atoms with Crippen molar-refractivity contribution in [1.29, 1.82) is 0 Å². The molecule has 1 N–H and O–H groups in total. The molecular weight excluding hydrogens is 309 g/mol. The Labute approximate surface area is 137 Å². The number of hydrogen-bond acceptors (Lipinski definition) is 3. The second-order valence-electron chi connectivity index (χ2n) is 4.50. The Kier molecular flexibility index (Phi) is 8.47. The molecule has 2 aromatic rings. The summed E-state index contributed by atoms with van der Waals surface area (Å²) < 4.78 is 11.1. The summed E-state index contributed by atoms with van der Waals surface area (Å²) in [6.07, 6.45) is 1.01. The van der Waals surface area contributed by atoms with Crippen LogP contribution in [0.2, 0.25) is 5.02 Å². The van der Waals surface area contributed by atoms with Crippen LogP contribution in [-0.4, -0.2) is 19.8 Å². The smallest absolute Gasteiger partial charge is 0.134 e. The molecule has 0 atom stereocenters. The van der Waals surface area contributed by atoms with Crippen molar-refractivity contribution in [2.24, 2.45) is 0 Å². The molecule has 5 heteroatoms. The van der Waals surface area contributed by atoms with Crippen LogP contribution in [0.4, 0.5) is 0 Å². The van der Waals surface area contributed by atoms with Crippen LogP contribution in [0.1, 0.15) is 19.1 Å². The lowest BCUT2D eigenvalue weighted by molar-refractivity contribution is -0.00000544. The van der Waals surface area contributed by atoms with E-state index in [1.807, 2.05) is 43.3 Å². The highest BCUT2D eigenvalue weighted by Crippen LogP contribution is 2.23. The molecular formula is C16H20Cl2NO2-. The predicted molar refractivity (Wildman–Crippen MR) is 82.0 cm³/mol. The van der Waals surface area contributed by atoms with Gasteiger partial charge in [-0.25, -0.2) is 0 Å². The minimum atomic E-state index is 0. The zero-order chi connectivity index (χ0) is 14.2. The van der Waals surface area contributed by atoms with Gasteiger partial charge >= 0.3 is 0 Å². The zero-order valence-electron chi connectivity index (χ0n) is 12.1. The lowest BCUT2D eigenvalue weighted by atomic mass is 10.2. The summed E-state index contributed by atoms with van der Waals surface area (Å²) in [5.74, 6) is 1.80. The van der Waals surface area contributed by atoms with Crippen molar-refractivity contribution in [3.8, 4) is 11.3 Å². The quantitative estimate of drug-likeness (QED) is 0.737. The number of halogens is 2. The van der Waals surface area contributed by atoms with Crippen molar-refractivity contribution in [1.82, 2.24) is 5.32 Å². The van der Waals surface area contributed by atoms with Gasteiger partial charge < -0.3 is 26.9 Å². The third-order valence-electron chi connectivity index (χ3n) is 2.94. The van der Waals surface area contributed by atoms with Crippen LogP contribution >= 0.6 is 11.6 Å². The molecule has 0 spiro atoms. The molecule has 116 valence electrons. The minimum absolute atomic E-state index is 0. The molecule has 0 fully saturated rings. The van der Waals surface area contributed by atoms with Gasteiger partial charge in [-0.05, 0) is 56.3 Å². The third kappa shape index (κ3) is 6.10. The molecule has 0 aliphatic heterocycles. The molecule has 0 unspecified atom stereocenters. The molecule has 0 radical (unpaired) electrons. The molecule has 1 aromatic heterocycles. The number of ether oxygens (including phenoxy) is 1. The average Bonchev–Trinajstić information content (AvgIpc) is 2.92. The van der Waals surface area contributed by atoms with Crippen LogP contribution in [0, 0.1) is 0 Å². The number of furan rings is 1. The van der Waals surface area contributed by atoms with E-state index in [4.69, 9.17) is 20.8 Å². The highest BCUT2D eigenvalue weighted by atomic mass is 35.5. The van der Waals surface area contributed by atoms with E-state index in [2.05, 4.69) is 5.32 Å². The van der Waals surface area contributed by atoms with Crippen molar-refractivity contribution >= 4 is 11.6 Å². The Bertz CT molecular complexity index is 511. The molecule has 21 heavy (non-hydrogen) atoms. The number of rotatable bonds is 8. The fourth-order valence-electron chi connectivity index (χ4n) is 1.90. The van der Waals surface area contributed by atoms with Crippen LogP contribution in [0.25, 0.3) is 11.3 Å². The van der Waals surface area contributed by atoms with Crippen molar-refractivity contribution in [3.05, 3.63) is 47.2 Å². The van der Waals surface area contributed by atoms with Gasteiger partial charge in [-0.1, -0.05) is 11.6 Å². The molecule has 0 amide bonds. The van der Waals surface area contributed by atoms with Crippen molar-refractivity contribution in [2.75, 3.05) is 19.8 Å². The normalized spacial score (nSPS) is 10.4. The van der Waals surface area contributed by atoms with Gasteiger partial charge in [-0.2, -0.15) is 0 Å². The van der Waals surface area contributed by atoms with Gasteiger partial charge in [0.05, 0.1) is 6.54 Å². The standard InChI is InChI=1S/C16H20ClNO2.ClH/c1-2-19-11-3-10-18-12-15-8-9-16(20-15)13-4-6-14(17)7-5-13;/h4-9,18H,2-3,10-12H2,1H3;1H/p-1. The second-order valence-corrected chi connectivity index (χ2v) is 4.94. The molecule has 0 bridgehead atoms. The molecule has 1 aromatic carbocycles. The van der Waals surface area contributed by atoms with Gasteiger partial charge in [-0.3, -0.25) is 0 Å². The van der Waals surface area contributed by atoms with E-state index >= 15 is 0 Å². The maximum atomic E-state index is 5.87. The molecule has 0 aliphatic rings. The first kappa shape index (κ1) is 18.1. The summed E-state index contributed by atoms with van der Waals surface area (Å²) in [6, 6.07) is 11.6. The maximum absolute atomic E-state index is 5.87. The van der Waals surface area contributed by atoms with Crippen LogP contribution in [0.3, 0.4) is 0 Å². The summed E-state index contributed by atoms with van der Waals surface area (Å²) in [5, 5.41) is 4.07. The maximum Gasteiger partial charge on any atom is 0.134 e. The fraction of sp³-hybridized carbons (Fsp3) is 0.375. The van der Waals surface area contributed by atoms with Crippen molar-refractivity contribution in [2.45, 2.75) is 19.9 Å². The van der Waals surface area contributed by atoms with E-state index in [0.29, 0.717) is 0 Å². The van der Waals surface area contributed by atoms with Crippen molar-refractivity contribution in [3.63, 3.8) is 0 Å². The Balaban J connectivity index is 0.00000220. The van der Waals surface area contributed by atoms with Gasteiger partial charge in [0.1, 0.15) is 11.5 Å². The molecule has 0 saturated carbocycles. The Hall–Kier alpha value is -1.00. The number of benzene rings is 1. The molecule has 0 aliphatic carbocycles. The molecule has 3 nitrogen and oxygen atoms in total. The molecule has 0 saturated heterocycles. The van der Waals surface area contributed by atoms with Crippen LogP contribution in [0.5, 0.6) is 0 Å². The topological polar surface area (TPSA) is 34.4 Å². The van der Waals surface area contributed by atoms with E-state index in [-0.39, 0.29) is 12.4 Å². The van der Waals surface area contributed by atoms with Crippen LogP contribution < -0.4 is 17.7 Å². The lowest BCUT2D eigenvalue weighted by Gasteiger charge is -2.03. The fourth-order valence-corrected chi connectivity index (χ4v) is 2.02. The Morgan fingerprint density at radius 1 is 1.14 bits per heavy atom. The number of hydrogen-bond donors (Lipinski definition) is 1. The van der Waals surface area contributed by atoms with Crippen LogP contribution in [-0.2, 0) is 11.3 Å². The highest BCUT2D eigenvalue weighted by Gasteiger charge is 2.04. The summed E-state index contributed by atoms with van der Waals surface area (Å²) >= 11 is 5.87. The molecule has 1 heterocycles. The first-order valence-electron chi connectivity index (χ1n) is 6.92. The predicted octanol–water partition coefficient (Wildman–Crippen LogP) is 1.12. The van der Waals surface area contributed by atoms with Crippen molar-refractivity contribution < 1.29 is 21.6 Å². The monoisotopic (exact) mass is 328 g/mol. The Morgan fingerprint density at radius 2 is 1.90 bits per heavy atom. The van der Waals surface area contributed by atoms with E-state index in [0.717, 1.165) is 54.8 Å². The first-order valence-corrected chi connectivity index (χ1v) is 7.30. The van der Waals surface area contributed by atoms with Gasteiger partial charge in [0.15, 0.2) is 0 Å². The first-order chi connectivity index (χ1) is 9.79. The van der Waals surface area contributed by atoms with E-state index in [1.54, 1.807) is 0 Å². The van der Waals surface area contributed by atoms with Gasteiger partial charge in [0.2, 0.25) is 0 Å². The largest absolute Gasteiger partial charge is 1.00 e. The zero-order valence-corrected chi connectivity index (χ0v) is 13.6. The average molecular weight is 329 g/mol. The van der Waals surface area contributed by atoms with E-state index in [1.165, 1.54) is 0 Å². The van der Waals surface area contributed by atoms with Crippen LogP contribution in [0.15, 0.2) is 40.8 Å². The Morgan fingerprint density at radius 3 is 2.62 bits per heavy atom. The second kappa shape index (κ2) is 9.85. The van der Waals surface area contributed by atoms with E-state index < -0.39 is 0 Å². The summed E-state index contributed by atoms with van der Waals surface area (Å²) in [6.45, 7) is 5.26. The molecule has 2 rings (SSSR count). The lowest BCUT2D eigenvalue weighted by Crippen LogP contribution is -3.00. The number of nitrogens with one attached hydrogen (secondary N) is 1. The highest BCUT2D eigenvalue weighted by molar-refractivity contribution is 6.30. The SMILES string of the molecule is CCOCCCNCc1ccc(-c2ccc(Cl)cc2)o1.[Cl-]. The van der Waals surface area contributed by atoms with E-state index in [9.17, 15) is 0 Å².